The van der Waals surface area contributed by atoms with Gasteiger partial charge in [-0.25, -0.2) is 0 Å². The third-order valence-corrected chi connectivity index (χ3v) is 6.11. The molecule has 5 unspecified atom stereocenters. The van der Waals surface area contributed by atoms with Crippen molar-refractivity contribution in [2.75, 3.05) is 26.7 Å². The van der Waals surface area contributed by atoms with Crippen LogP contribution in [0.15, 0.2) is 0 Å². The summed E-state index contributed by atoms with van der Waals surface area (Å²) in [6.45, 7) is 8.86. The molecule has 0 aromatic carbocycles. The zero-order valence-corrected chi connectivity index (χ0v) is 13.6. The first kappa shape index (κ1) is 14.8. The lowest BCUT2D eigenvalue weighted by Crippen LogP contribution is -2.64. The maximum Gasteiger partial charge on any atom is 0.0255 e. The summed E-state index contributed by atoms with van der Waals surface area (Å²) in [5.41, 5.74) is 0. The molecule has 1 saturated carbocycles. The second-order valence-electron chi connectivity index (χ2n) is 7.57. The van der Waals surface area contributed by atoms with Gasteiger partial charge in [-0.05, 0) is 58.5 Å². The molecular formula is C17H33N3. The molecule has 0 spiro atoms. The Morgan fingerprint density at radius 2 is 1.85 bits per heavy atom. The van der Waals surface area contributed by atoms with Crippen LogP contribution in [0.1, 0.15) is 52.4 Å². The highest BCUT2D eigenvalue weighted by Gasteiger charge is 2.40. The van der Waals surface area contributed by atoms with Crippen LogP contribution in [0.25, 0.3) is 0 Å². The first-order valence-electron chi connectivity index (χ1n) is 8.86. The third-order valence-electron chi connectivity index (χ3n) is 6.11. The van der Waals surface area contributed by atoms with E-state index in [4.69, 9.17) is 0 Å². The number of piperazine rings is 1. The van der Waals surface area contributed by atoms with Crippen LogP contribution < -0.4 is 5.32 Å². The van der Waals surface area contributed by atoms with E-state index >= 15 is 0 Å². The molecule has 1 N–H and O–H groups in total. The smallest absolute Gasteiger partial charge is 0.0255 e. The summed E-state index contributed by atoms with van der Waals surface area (Å²) < 4.78 is 0. The monoisotopic (exact) mass is 279 g/mol. The summed E-state index contributed by atoms with van der Waals surface area (Å²) in [5.74, 6) is 0.904. The molecular weight excluding hydrogens is 246 g/mol. The molecule has 5 atom stereocenters. The maximum atomic E-state index is 3.61. The minimum absolute atomic E-state index is 0.712. The zero-order valence-electron chi connectivity index (χ0n) is 13.6. The van der Waals surface area contributed by atoms with Crippen LogP contribution in [0.4, 0.5) is 0 Å². The molecule has 0 aromatic heterocycles. The van der Waals surface area contributed by atoms with E-state index in [0.717, 1.165) is 24.0 Å². The standard InChI is InChI=1S/C17H33N3/c1-13-7-8-16(18-3)17(10-13)20-12-15-6-4-5-9-19(15)11-14(20)2/h13-18H,4-12H2,1-3H3. The van der Waals surface area contributed by atoms with E-state index < -0.39 is 0 Å². The highest BCUT2D eigenvalue weighted by Crippen LogP contribution is 2.32. The maximum absolute atomic E-state index is 3.61. The van der Waals surface area contributed by atoms with E-state index in [-0.39, 0.29) is 0 Å². The molecule has 20 heavy (non-hydrogen) atoms. The average molecular weight is 279 g/mol. The van der Waals surface area contributed by atoms with Crippen LogP contribution in [0.5, 0.6) is 0 Å². The summed E-state index contributed by atoms with van der Waals surface area (Å²) in [6, 6.07) is 3.05. The predicted molar refractivity (Wildman–Crippen MR) is 85.0 cm³/mol. The fourth-order valence-electron chi connectivity index (χ4n) is 4.89. The van der Waals surface area contributed by atoms with Crippen LogP contribution in [-0.2, 0) is 0 Å². The molecule has 3 fully saturated rings. The molecule has 3 rings (SSSR count). The molecule has 0 aromatic rings. The Hall–Kier alpha value is -0.120. The second-order valence-corrected chi connectivity index (χ2v) is 7.57. The third kappa shape index (κ3) is 2.90. The van der Waals surface area contributed by atoms with Crippen LogP contribution in [-0.4, -0.2) is 60.6 Å². The van der Waals surface area contributed by atoms with Gasteiger partial charge in [0.1, 0.15) is 0 Å². The average Bonchev–Trinajstić information content (AvgIpc) is 2.46. The molecule has 1 aliphatic carbocycles. The Balaban J connectivity index is 1.70. The number of likely N-dealkylation sites (N-methyl/N-ethyl adjacent to an activating group) is 1. The number of hydrogen-bond acceptors (Lipinski definition) is 3. The van der Waals surface area contributed by atoms with E-state index in [0.29, 0.717) is 6.04 Å². The number of fused-ring (bicyclic) bond motifs is 1. The highest BCUT2D eigenvalue weighted by atomic mass is 15.3. The van der Waals surface area contributed by atoms with Crippen molar-refractivity contribution < 1.29 is 0 Å². The molecule has 3 aliphatic rings. The lowest BCUT2D eigenvalue weighted by Gasteiger charge is -2.53. The fraction of sp³-hybridized carbons (Fsp3) is 1.00. The van der Waals surface area contributed by atoms with E-state index in [1.807, 2.05) is 0 Å². The first-order chi connectivity index (χ1) is 9.69. The SMILES string of the molecule is CNC1CCC(C)CC1N1CC2CCCCN2CC1C. The summed E-state index contributed by atoms with van der Waals surface area (Å²) in [4.78, 5) is 5.63. The fourth-order valence-corrected chi connectivity index (χ4v) is 4.89. The zero-order chi connectivity index (χ0) is 14.1. The largest absolute Gasteiger partial charge is 0.315 e. The van der Waals surface area contributed by atoms with Gasteiger partial charge in [0.15, 0.2) is 0 Å². The Kier molecular flexibility index (Phi) is 4.68. The van der Waals surface area contributed by atoms with E-state index in [1.165, 1.54) is 58.2 Å². The first-order valence-corrected chi connectivity index (χ1v) is 8.86. The normalized spacial score (nSPS) is 44.2. The van der Waals surface area contributed by atoms with Crippen LogP contribution in [0, 0.1) is 5.92 Å². The van der Waals surface area contributed by atoms with Crippen LogP contribution in [0.2, 0.25) is 0 Å². The van der Waals surface area contributed by atoms with Gasteiger partial charge in [-0.15, -0.1) is 0 Å². The minimum Gasteiger partial charge on any atom is -0.315 e. The van der Waals surface area contributed by atoms with Gasteiger partial charge in [-0.1, -0.05) is 13.3 Å². The van der Waals surface area contributed by atoms with Crippen molar-refractivity contribution in [2.45, 2.75) is 76.5 Å². The van der Waals surface area contributed by atoms with E-state index in [2.05, 4.69) is 36.0 Å². The van der Waals surface area contributed by atoms with Gasteiger partial charge in [0.2, 0.25) is 0 Å². The summed E-state index contributed by atoms with van der Waals surface area (Å²) >= 11 is 0. The molecule has 3 nitrogen and oxygen atoms in total. The molecule has 0 radical (unpaired) electrons. The van der Waals surface area contributed by atoms with Crippen molar-refractivity contribution in [3.63, 3.8) is 0 Å². The van der Waals surface area contributed by atoms with Crippen molar-refractivity contribution in [2.24, 2.45) is 5.92 Å². The summed E-state index contributed by atoms with van der Waals surface area (Å²) in [7, 11) is 2.16. The van der Waals surface area contributed by atoms with Gasteiger partial charge < -0.3 is 5.32 Å². The molecule has 0 bridgehead atoms. The Bertz CT molecular complexity index is 319. The van der Waals surface area contributed by atoms with Crippen molar-refractivity contribution in [3.05, 3.63) is 0 Å². The molecule has 116 valence electrons. The van der Waals surface area contributed by atoms with Crippen molar-refractivity contribution in [1.82, 2.24) is 15.1 Å². The van der Waals surface area contributed by atoms with Crippen LogP contribution >= 0.6 is 0 Å². The van der Waals surface area contributed by atoms with E-state index in [1.54, 1.807) is 0 Å². The second kappa shape index (κ2) is 6.33. The van der Waals surface area contributed by atoms with Gasteiger partial charge in [-0.2, -0.15) is 0 Å². The number of rotatable bonds is 2. The van der Waals surface area contributed by atoms with Gasteiger partial charge in [-0.3, -0.25) is 9.80 Å². The van der Waals surface area contributed by atoms with Crippen molar-refractivity contribution >= 4 is 0 Å². The predicted octanol–water partition coefficient (Wildman–Crippen LogP) is 2.32. The lowest BCUT2D eigenvalue weighted by atomic mass is 9.81. The Morgan fingerprint density at radius 1 is 1.00 bits per heavy atom. The molecule has 3 heteroatoms. The highest BCUT2D eigenvalue weighted by molar-refractivity contribution is 4.97. The Morgan fingerprint density at radius 3 is 2.65 bits per heavy atom. The van der Waals surface area contributed by atoms with Gasteiger partial charge in [0, 0.05) is 37.3 Å². The van der Waals surface area contributed by atoms with Gasteiger partial charge in [0.05, 0.1) is 0 Å². The lowest BCUT2D eigenvalue weighted by molar-refractivity contribution is -0.0288. The number of hydrogen-bond donors (Lipinski definition) is 1. The van der Waals surface area contributed by atoms with Crippen LogP contribution in [0.3, 0.4) is 0 Å². The molecule has 0 amide bonds. The molecule has 2 aliphatic heterocycles. The quantitative estimate of drug-likeness (QED) is 0.837. The summed E-state index contributed by atoms with van der Waals surface area (Å²) in [5, 5.41) is 3.61. The number of nitrogens with one attached hydrogen (secondary N) is 1. The van der Waals surface area contributed by atoms with Gasteiger partial charge >= 0.3 is 0 Å². The van der Waals surface area contributed by atoms with Gasteiger partial charge in [0.25, 0.3) is 0 Å². The van der Waals surface area contributed by atoms with E-state index in [9.17, 15) is 0 Å². The minimum atomic E-state index is 0.712. The Labute approximate surface area is 125 Å². The number of nitrogens with zero attached hydrogens (tertiary/aromatic N) is 2. The van der Waals surface area contributed by atoms with Crippen molar-refractivity contribution in [1.29, 1.82) is 0 Å². The molecule has 2 heterocycles. The van der Waals surface area contributed by atoms with Crippen molar-refractivity contribution in [3.8, 4) is 0 Å². The summed E-state index contributed by atoms with van der Waals surface area (Å²) in [6.07, 6.45) is 8.45. The molecule has 2 saturated heterocycles. The number of piperidine rings is 1. The topological polar surface area (TPSA) is 18.5 Å².